The molecule has 414 valence electrons. The molecule has 3 fully saturated rings. The summed E-state index contributed by atoms with van der Waals surface area (Å²) in [4.78, 5) is 95.6. The largest absolute Gasteiger partial charge is 0.428 e. The van der Waals surface area contributed by atoms with Crippen molar-refractivity contribution in [3.8, 4) is 24.5 Å². The first-order valence-corrected chi connectivity index (χ1v) is 26.1. The van der Waals surface area contributed by atoms with Crippen LogP contribution in [0.25, 0.3) is 0 Å². The number of ether oxygens (including phenoxy) is 3. The third kappa shape index (κ3) is 29.3. The lowest BCUT2D eigenvalue weighted by Gasteiger charge is -2.44. The summed E-state index contributed by atoms with van der Waals surface area (Å²) in [5, 5.41) is 24.9. The van der Waals surface area contributed by atoms with E-state index in [0.717, 1.165) is 106 Å². The third-order valence-corrected chi connectivity index (χ3v) is 13.4. The van der Waals surface area contributed by atoms with Crippen LogP contribution in [0.1, 0.15) is 140 Å². The SMILES string of the molecule is CC1(C)CC(N=C=O)CC(C)(CN=C=O)C1.Cc1cc(N=C=O)ccc1N=C=O.N#COC1CCC(CC2CCC(N=C=O)CC2)CC1.N#COCCCCCCN=C=O.N#COc1ccc(Cc2ccc(N=C=O)cc2)cc1. The number of carbonyl (C=O) groups excluding carboxylic acids is 7. The quantitative estimate of drug-likeness (QED) is 0.0440. The molecule has 0 radical (unpaired) electrons. The molecule has 0 bridgehead atoms. The van der Waals surface area contributed by atoms with Crippen LogP contribution in [0, 0.1) is 64.1 Å². The average molecular weight is 1080 g/mol. The summed E-state index contributed by atoms with van der Waals surface area (Å²) in [6, 6.07) is 19.7. The molecular formula is C59H68N10O10. The summed E-state index contributed by atoms with van der Waals surface area (Å²) in [6.07, 6.45) is 33.5. The smallest absolute Gasteiger partial charge is 0.292 e. The van der Waals surface area contributed by atoms with Crippen LogP contribution in [-0.4, -0.2) is 80.4 Å². The van der Waals surface area contributed by atoms with Crippen molar-refractivity contribution in [1.29, 1.82) is 15.8 Å². The highest BCUT2D eigenvalue weighted by atomic mass is 16.5. The minimum Gasteiger partial charge on any atom is -0.428 e. The van der Waals surface area contributed by atoms with E-state index in [9.17, 15) is 33.6 Å². The summed E-state index contributed by atoms with van der Waals surface area (Å²) >= 11 is 0. The van der Waals surface area contributed by atoms with Crippen LogP contribution in [0.3, 0.4) is 0 Å². The Balaban J connectivity index is 0.000000342. The fraction of sp³-hybridized carbons (Fsp3) is 0.525. The molecule has 0 saturated heterocycles. The topological polar surface area (TPSA) is 305 Å². The highest BCUT2D eigenvalue weighted by Crippen LogP contribution is 2.47. The van der Waals surface area contributed by atoms with Crippen molar-refractivity contribution in [2.45, 2.75) is 155 Å². The normalized spacial score (nSPS) is 19.8. The Morgan fingerprint density at radius 2 is 1.14 bits per heavy atom. The van der Waals surface area contributed by atoms with Gasteiger partial charge in [-0.05, 0) is 191 Å². The van der Waals surface area contributed by atoms with E-state index >= 15 is 0 Å². The van der Waals surface area contributed by atoms with Gasteiger partial charge in [0.25, 0.3) is 18.8 Å². The van der Waals surface area contributed by atoms with Crippen molar-refractivity contribution in [3.05, 3.63) is 83.4 Å². The van der Waals surface area contributed by atoms with Crippen LogP contribution in [0.2, 0.25) is 0 Å². The Bertz CT molecular complexity index is 2800. The van der Waals surface area contributed by atoms with Crippen LogP contribution in [0.15, 0.2) is 102 Å². The first-order valence-electron chi connectivity index (χ1n) is 26.1. The Morgan fingerprint density at radius 3 is 1.70 bits per heavy atom. The highest BCUT2D eigenvalue weighted by Gasteiger charge is 2.41. The van der Waals surface area contributed by atoms with Crippen molar-refractivity contribution >= 4 is 59.6 Å². The number of aryl methyl sites for hydroxylation is 1. The van der Waals surface area contributed by atoms with Gasteiger partial charge in [-0.15, -0.1) is 5.26 Å². The predicted molar refractivity (Wildman–Crippen MR) is 291 cm³/mol. The van der Waals surface area contributed by atoms with Crippen LogP contribution in [-0.2, 0) is 49.5 Å². The Labute approximate surface area is 461 Å². The molecule has 3 aromatic carbocycles. The minimum atomic E-state index is -0.0653. The van der Waals surface area contributed by atoms with Gasteiger partial charge in [0, 0.05) is 0 Å². The standard InChI is InChI=1S/C15H22N2O2.C15H10N2O2.C12H18N2O2.C9H6N2O2.C8H12N2O2/c2*16-10-19-15-7-3-13(4-8-15)9-12-1-5-14(6-2-12)17-11-18;1-11(2)4-10(14-9-16)5-12(3,6-11)7-13-8-15;1-7-4-8(10-5-12)2-3-9(7)11-6-13;9-7-12-6-4-2-1-3-5-10-8-11/h12-15H,1-9H2;1-8H,9H2;10H,4-7H2,1-3H3;2-4H,1H3;1-6H2. The number of rotatable bonds is 20. The Morgan fingerprint density at radius 1 is 0.570 bits per heavy atom. The van der Waals surface area contributed by atoms with E-state index in [4.69, 9.17) is 25.3 Å². The molecule has 3 aliphatic rings. The zero-order chi connectivity index (χ0) is 58.0. The summed E-state index contributed by atoms with van der Waals surface area (Å²) in [7, 11) is 0. The van der Waals surface area contributed by atoms with Gasteiger partial charge in [0.05, 0.1) is 42.2 Å². The second-order valence-electron chi connectivity index (χ2n) is 20.4. The molecule has 79 heavy (non-hydrogen) atoms. The van der Waals surface area contributed by atoms with Crippen LogP contribution < -0.4 is 4.74 Å². The van der Waals surface area contributed by atoms with Gasteiger partial charge in [-0.25, -0.2) is 53.5 Å². The van der Waals surface area contributed by atoms with E-state index in [-0.39, 0.29) is 29.0 Å². The van der Waals surface area contributed by atoms with Gasteiger partial charge in [-0.3, -0.25) is 0 Å². The molecule has 20 nitrogen and oxygen atoms in total. The maximum Gasteiger partial charge on any atom is 0.292 e. The second-order valence-corrected chi connectivity index (χ2v) is 20.4. The summed E-state index contributed by atoms with van der Waals surface area (Å²) in [6.45, 7) is 9.67. The number of unbranched alkanes of at least 4 members (excludes halogenated alkanes) is 3. The fourth-order valence-corrected chi connectivity index (χ4v) is 10.2. The van der Waals surface area contributed by atoms with Gasteiger partial charge in [-0.2, -0.15) is 25.5 Å². The zero-order valence-electron chi connectivity index (χ0n) is 45.4. The molecule has 0 N–H and O–H groups in total. The Kier molecular flexibility index (Phi) is 33.2. The van der Waals surface area contributed by atoms with Gasteiger partial charge in [0.2, 0.25) is 42.6 Å². The number of nitriles is 3. The van der Waals surface area contributed by atoms with Crippen molar-refractivity contribution in [2.24, 2.45) is 57.6 Å². The number of isocyanates is 7. The van der Waals surface area contributed by atoms with E-state index in [2.05, 4.69) is 60.5 Å². The molecule has 2 atom stereocenters. The number of hydrogen-bond acceptors (Lipinski definition) is 20. The molecule has 3 aliphatic carbocycles. The molecule has 0 aromatic heterocycles. The average Bonchev–Trinajstić information content (AvgIpc) is 3.46. The zero-order valence-corrected chi connectivity index (χ0v) is 45.4. The maximum atomic E-state index is 10.3. The lowest BCUT2D eigenvalue weighted by Crippen LogP contribution is -2.39. The van der Waals surface area contributed by atoms with E-state index in [1.54, 1.807) is 80.1 Å². The molecule has 20 heteroatoms. The maximum absolute atomic E-state index is 10.3. The van der Waals surface area contributed by atoms with Gasteiger partial charge in [0.1, 0.15) is 18.5 Å². The lowest BCUT2D eigenvalue weighted by molar-refractivity contribution is 0.0913. The summed E-state index contributed by atoms with van der Waals surface area (Å²) in [5.74, 6) is 2.13. The summed E-state index contributed by atoms with van der Waals surface area (Å²) < 4.78 is 14.2. The van der Waals surface area contributed by atoms with Gasteiger partial charge in [-0.1, -0.05) is 51.5 Å². The minimum absolute atomic E-state index is 0.00750. The van der Waals surface area contributed by atoms with Crippen molar-refractivity contribution in [1.82, 2.24) is 0 Å². The van der Waals surface area contributed by atoms with Crippen molar-refractivity contribution in [2.75, 3.05) is 19.7 Å². The Hall–Kier alpha value is -8.81. The molecule has 0 amide bonds. The molecular weight excluding hydrogens is 1010 g/mol. The monoisotopic (exact) mass is 1080 g/mol. The third-order valence-electron chi connectivity index (χ3n) is 13.4. The first kappa shape index (κ1) is 66.3. The molecule has 2 unspecified atom stereocenters. The van der Waals surface area contributed by atoms with Crippen LogP contribution >= 0.6 is 0 Å². The summed E-state index contributed by atoms with van der Waals surface area (Å²) in [5.41, 5.74) is 4.66. The first-order chi connectivity index (χ1) is 38.2. The number of nitrogens with zero attached hydrogens (tertiary/aromatic N) is 10. The van der Waals surface area contributed by atoms with Crippen molar-refractivity contribution < 1.29 is 47.8 Å². The van der Waals surface area contributed by atoms with Crippen molar-refractivity contribution in [3.63, 3.8) is 0 Å². The van der Waals surface area contributed by atoms with E-state index in [1.165, 1.54) is 56.4 Å². The number of hydrogen-bond donors (Lipinski definition) is 0. The highest BCUT2D eigenvalue weighted by molar-refractivity contribution is 5.60. The molecule has 3 aromatic rings. The van der Waals surface area contributed by atoms with Gasteiger partial charge in [0.15, 0.2) is 0 Å². The van der Waals surface area contributed by atoms with E-state index in [1.807, 2.05) is 30.5 Å². The molecule has 0 aliphatic heterocycles. The number of benzene rings is 3. The molecule has 6 rings (SSSR count). The van der Waals surface area contributed by atoms with Crippen LogP contribution in [0.5, 0.6) is 5.75 Å². The fourth-order valence-electron chi connectivity index (χ4n) is 10.2. The van der Waals surface area contributed by atoms with Gasteiger partial charge >= 0.3 is 0 Å². The predicted octanol–water partition coefficient (Wildman–Crippen LogP) is 12.0. The lowest BCUT2D eigenvalue weighted by atomic mass is 9.63. The number of aliphatic imine (C=N–C) groups is 7. The molecule has 0 heterocycles. The molecule has 3 saturated carbocycles. The molecule has 0 spiro atoms. The van der Waals surface area contributed by atoms with E-state index in [0.29, 0.717) is 42.5 Å². The van der Waals surface area contributed by atoms with Crippen LogP contribution in [0.4, 0.5) is 17.1 Å². The van der Waals surface area contributed by atoms with Gasteiger partial charge < -0.3 is 14.2 Å². The second kappa shape index (κ2) is 39.6. The van der Waals surface area contributed by atoms with E-state index < -0.39 is 0 Å².